The molecule has 1 amide bonds. The van der Waals surface area contributed by atoms with Gasteiger partial charge in [-0.1, -0.05) is 85.8 Å². The molecule has 1 aromatic heterocycles. The van der Waals surface area contributed by atoms with Crippen molar-refractivity contribution in [2.75, 3.05) is 13.1 Å². The summed E-state index contributed by atoms with van der Waals surface area (Å²) in [6.07, 6.45) is 5.00. The van der Waals surface area contributed by atoms with Crippen LogP contribution in [0, 0.1) is 0 Å². The minimum absolute atomic E-state index is 0.111. The number of carbonyl (C=O) groups excluding carboxylic acids is 1. The summed E-state index contributed by atoms with van der Waals surface area (Å²) in [4.78, 5) is 30.1. The van der Waals surface area contributed by atoms with Gasteiger partial charge in [0.1, 0.15) is 0 Å². The lowest BCUT2D eigenvalue weighted by atomic mass is 9.99. The highest BCUT2D eigenvalue weighted by Gasteiger charge is 2.26. The molecule has 5 rings (SSSR count). The number of pyridine rings is 1. The molecule has 1 atom stereocenters. The molecule has 2 heterocycles. The molecule has 5 heteroatoms. The highest BCUT2D eigenvalue weighted by Crippen LogP contribution is 2.26. The molecule has 35 heavy (non-hydrogen) atoms. The normalized spacial score (nSPS) is 14.3. The molecule has 3 aromatic carbocycles. The predicted octanol–water partition coefficient (Wildman–Crippen LogP) is 5.24. The van der Waals surface area contributed by atoms with E-state index in [1.54, 1.807) is 4.57 Å². The van der Waals surface area contributed by atoms with Crippen molar-refractivity contribution in [2.45, 2.75) is 25.9 Å². The largest absolute Gasteiger partial charge is 0.345 e. The maximum atomic E-state index is 14.0. The first-order chi connectivity index (χ1) is 17.2. The Morgan fingerprint density at radius 3 is 2.11 bits per heavy atom. The maximum Gasteiger partial charge on any atom is 0.263 e. The van der Waals surface area contributed by atoms with E-state index in [0.29, 0.717) is 28.6 Å². The minimum atomic E-state index is -0.163. The van der Waals surface area contributed by atoms with Crippen molar-refractivity contribution < 1.29 is 4.79 Å². The van der Waals surface area contributed by atoms with Crippen molar-refractivity contribution in [3.8, 4) is 5.69 Å². The Labute approximate surface area is 205 Å². The fraction of sp³-hybridized carbons (Fsp3) is 0.200. The van der Waals surface area contributed by atoms with Gasteiger partial charge >= 0.3 is 0 Å². The van der Waals surface area contributed by atoms with E-state index in [-0.39, 0.29) is 17.5 Å². The van der Waals surface area contributed by atoms with Gasteiger partial charge in [0.05, 0.1) is 17.3 Å². The van der Waals surface area contributed by atoms with Crippen LogP contribution in [-0.4, -0.2) is 28.5 Å². The van der Waals surface area contributed by atoms with Crippen LogP contribution in [0.4, 0.5) is 0 Å². The zero-order valence-corrected chi connectivity index (χ0v) is 19.9. The van der Waals surface area contributed by atoms with Crippen LogP contribution in [0.3, 0.4) is 0 Å². The monoisotopic (exact) mass is 463 g/mol. The second kappa shape index (κ2) is 10.1. The molecular weight excluding hydrogens is 434 g/mol. The van der Waals surface area contributed by atoms with Crippen molar-refractivity contribution in [3.63, 3.8) is 0 Å². The Morgan fingerprint density at radius 2 is 1.46 bits per heavy atom. The predicted molar refractivity (Wildman–Crippen MR) is 141 cm³/mol. The standard InChI is InChI=1S/C30H29N3O2/c1-2-26(22-13-5-3-6-14-22)31-29(34)28-24-17-9-10-18-25(24)30(35)33(23-15-7-4-8-16-23)27(28)21-32-19-11-12-20-32/h3-18,26H,2,19-21H2,1H3,(H,31,34)/t26-/m0/s1. The zero-order valence-electron chi connectivity index (χ0n) is 19.9. The number of hydrogen-bond donors (Lipinski definition) is 1. The SMILES string of the molecule is CC[C@H](NC(=O)c1c(CN2CC=CC2)n(-c2ccccc2)c(=O)c2ccccc12)c1ccccc1. The van der Waals surface area contributed by atoms with Crippen LogP contribution >= 0.6 is 0 Å². The third-order valence-corrected chi connectivity index (χ3v) is 6.61. The van der Waals surface area contributed by atoms with E-state index in [1.807, 2.05) is 84.9 Å². The van der Waals surface area contributed by atoms with Gasteiger partial charge in [0, 0.05) is 36.1 Å². The van der Waals surface area contributed by atoms with Crippen LogP contribution in [-0.2, 0) is 6.54 Å². The molecule has 176 valence electrons. The molecule has 0 aliphatic carbocycles. The number of para-hydroxylation sites is 1. The molecular formula is C30H29N3O2. The number of fused-ring (bicyclic) bond motifs is 1. The van der Waals surface area contributed by atoms with E-state index in [2.05, 4.69) is 29.3 Å². The highest BCUT2D eigenvalue weighted by atomic mass is 16.2. The van der Waals surface area contributed by atoms with E-state index in [1.165, 1.54) is 0 Å². The summed E-state index contributed by atoms with van der Waals surface area (Å²) >= 11 is 0. The van der Waals surface area contributed by atoms with Gasteiger partial charge in [-0.2, -0.15) is 0 Å². The minimum Gasteiger partial charge on any atom is -0.345 e. The summed E-state index contributed by atoms with van der Waals surface area (Å²) in [5.74, 6) is -0.163. The van der Waals surface area contributed by atoms with Gasteiger partial charge in [-0.15, -0.1) is 0 Å². The second-order valence-electron chi connectivity index (χ2n) is 8.85. The lowest BCUT2D eigenvalue weighted by molar-refractivity contribution is 0.0934. The van der Waals surface area contributed by atoms with Crippen molar-refractivity contribution in [3.05, 3.63) is 124 Å². The zero-order chi connectivity index (χ0) is 24.2. The third-order valence-electron chi connectivity index (χ3n) is 6.61. The van der Waals surface area contributed by atoms with Gasteiger partial charge in [-0.05, 0) is 30.2 Å². The lowest BCUT2D eigenvalue weighted by Crippen LogP contribution is -2.35. The molecule has 1 N–H and O–H groups in total. The van der Waals surface area contributed by atoms with Crippen LogP contribution < -0.4 is 10.9 Å². The summed E-state index contributed by atoms with van der Waals surface area (Å²) in [5, 5.41) is 4.49. The molecule has 0 spiro atoms. The third kappa shape index (κ3) is 4.55. The molecule has 1 aliphatic rings. The average molecular weight is 464 g/mol. The maximum absolute atomic E-state index is 14.0. The van der Waals surface area contributed by atoms with Crippen LogP contribution in [0.25, 0.3) is 16.5 Å². The molecule has 1 aliphatic heterocycles. The number of hydrogen-bond acceptors (Lipinski definition) is 3. The van der Waals surface area contributed by atoms with Crippen LogP contribution in [0.15, 0.2) is 102 Å². The average Bonchev–Trinajstić information content (AvgIpc) is 3.42. The van der Waals surface area contributed by atoms with Crippen LogP contribution in [0.2, 0.25) is 0 Å². The summed E-state index contributed by atoms with van der Waals surface area (Å²) in [5.41, 5.74) is 2.99. The summed E-state index contributed by atoms with van der Waals surface area (Å²) in [7, 11) is 0. The van der Waals surface area contributed by atoms with Gasteiger partial charge in [0.2, 0.25) is 0 Å². The Balaban J connectivity index is 1.71. The van der Waals surface area contributed by atoms with E-state index in [9.17, 15) is 9.59 Å². The number of carbonyl (C=O) groups is 1. The topological polar surface area (TPSA) is 54.3 Å². The number of rotatable bonds is 7. The van der Waals surface area contributed by atoms with E-state index in [4.69, 9.17) is 0 Å². The molecule has 0 fully saturated rings. The van der Waals surface area contributed by atoms with Gasteiger partial charge in [-0.25, -0.2) is 0 Å². The number of nitrogens with zero attached hydrogens (tertiary/aromatic N) is 2. The first kappa shape index (κ1) is 22.8. The Kier molecular flexibility index (Phi) is 6.59. The molecule has 0 saturated heterocycles. The van der Waals surface area contributed by atoms with Gasteiger partial charge in [0.15, 0.2) is 0 Å². The number of aromatic nitrogens is 1. The first-order valence-electron chi connectivity index (χ1n) is 12.1. The van der Waals surface area contributed by atoms with Crippen molar-refractivity contribution >= 4 is 16.7 Å². The summed E-state index contributed by atoms with van der Waals surface area (Å²) in [6.45, 7) is 4.14. The molecule has 5 nitrogen and oxygen atoms in total. The highest BCUT2D eigenvalue weighted by molar-refractivity contribution is 6.08. The fourth-order valence-electron chi connectivity index (χ4n) is 4.85. The summed E-state index contributed by atoms with van der Waals surface area (Å²) in [6, 6.07) is 26.9. The van der Waals surface area contributed by atoms with E-state index < -0.39 is 0 Å². The smallest absolute Gasteiger partial charge is 0.263 e. The quantitative estimate of drug-likeness (QED) is 0.381. The molecule has 0 saturated carbocycles. The molecule has 0 unspecified atom stereocenters. The van der Waals surface area contributed by atoms with Gasteiger partial charge in [0.25, 0.3) is 11.5 Å². The van der Waals surface area contributed by atoms with E-state index >= 15 is 0 Å². The van der Waals surface area contributed by atoms with Crippen molar-refractivity contribution in [1.82, 2.24) is 14.8 Å². The Morgan fingerprint density at radius 1 is 0.857 bits per heavy atom. The number of benzene rings is 3. The first-order valence-corrected chi connectivity index (χ1v) is 12.1. The number of nitrogens with one attached hydrogen (secondary N) is 1. The molecule has 4 aromatic rings. The van der Waals surface area contributed by atoms with Gasteiger partial charge < -0.3 is 5.32 Å². The van der Waals surface area contributed by atoms with Gasteiger partial charge in [-0.3, -0.25) is 19.1 Å². The second-order valence-corrected chi connectivity index (χ2v) is 8.85. The Hall–Kier alpha value is -3.96. The molecule has 0 radical (unpaired) electrons. The van der Waals surface area contributed by atoms with Crippen molar-refractivity contribution in [2.24, 2.45) is 0 Å². The van der Waals surface area contributed by atoms with Crippen LogP contribution in [0.5, 0.6) is 0 Å². The summed E-state index contributed by atoms with van der Waals surface area (Å²) < 4.78 is 1.72. The van der Waals surface area contributed by atoms with Crippen molar-refractivity contribution in [1.29, 1.82) is 0 Å². The van der Waals surface area contributed by atoms with E-state index in [0.717, 1.165) is 30.8 Å². The van der Waals surface area contributed by atoms with Crippen LogP contribution in [0.1, 0.15) is 41.0 Å². The fourth-order valence-corrected chi connectivity index (χ4v) is 4.85. The number of amides is 1. The molecule has 0 bridgehead atoms. The Bertz CT molecular complexity index is 1420. The lowest BCUT2D eigenvalue weighted by Gasteiger charge is -2.25.